The Kier molecular flexibility index (Phi) is 7.74. The molecular formula is C27H45N5O5. The SMILES string of the molecule is CC(C)(C)NC(=O)N[C@H](C(=O)N1C[C@@H]2[C@@H]([C@H]1C(=O)NC(CC1CCC1)C(=O)C(N)=O)C2(C)C)C(C)(C)C. The number of Topliss-reactive ketones (excluding diaryl/α,β-unsaturated/α-hetero) is 1. The molecule has 0 radical (unpaired) electrons. The molecule has 208 valence electrons. The Morgan fingerprint density at radius 2 is 1.59 bits per heavy atom. The third-order valence-corrected chi connectivity index (χ3v) is 8.31. The van der Waals surface area contributed by atoms with E-state index in [4.69, 9.17) is 5.73 Å². The minimum atomic E-state index is -1.07. The molecule has 5 N–H and O–H groups in total. The van der Waals surface area contributed by atoms with Gasteiger partial charge in [-0.3, -0.25) is 19.2 Å². The molecule has 5 amide bonds. The molecule has 3 aliphatic rings. The molecular weight excluding hydrogens is 474 g/mol. The number of rotatable bonds is 8. The number of carbonyl (C=O) groups excluding carboxylic acids is 5. The highest BCUT2D eigenvalue weighted by Gasteiger charge is 2.70. The zero-order valence-electron chi connectivity index (χ0n) is 23.6. The van der Waals surface area contributed by atoms with E-state index in [0.717, 1.165) is 19.3 Å². The van der Waals surface area contributed by atoms with Gasteiger partial charge in [-0.25, -0.2) is 4.79 Å². The molecule has 0 spiro atoms. The van der Waals surface area contributed by atoms with Crippen molar-refractivity contribution in [1.82, 2.24) is 20.9 Å². The van der Waals surface area contributed by atoms with Gasteiger partial charge >= 0.3 is 6.03 Å². The average Bonchev–Trinajstić information content (AvgIpc) is 3.06. The summed E-state index contributed by atoms with van der Waals surface area (Å²) in [7, 11) is 0. The molecule has 3 fully saturated rings. The lowest BCUT2D eigenvalue weighted by molar-refractivity contribution is -0.145. The van der Waals surface area contributed by atoms with Crippen LogP contribution in [-0.4, -0.2) is 64.6 Å². The first-order valence-corrected chi connectivity index (χ1v) is 13.4. The molecule has 10 heteroatoms. The van der Waals surface area contributed by atoms with Gasteiger partial charge < -0.3 is 26.6 Å². The van der Waals surface area contributed by atoms with Gasteiger partial charge in [-0.2, -0.15) is 0 Å². The first-order chi connectivity index (χ1) is 16.8. The normalized spacial score (nSPS) is 26.3. The lowest BCUT2D eigenvalue weighted by Gasteiger charge is -2.38. The van der Waals surface area contributed by atoms with Gasteiger partial charge in [0.15, 0.2) is 0 Å². The number of nitrogens with zero attached hydrogens (tertiary/aromatic N) is 1. The smallest absolute Gasteiger partial charge is 0.315 e. The van der Waals surface area contributed by atoms with Crippen LogP contribution in [0, 0.1) is 28.6 Å². The van der Waals surface area contributed by atoms with E-state index in [1.807, 2.05) is 41.5 Å². The highest BCUT2D eigenvalue weighted by Crippen LogP contribution is 2.65. The molecule has 0 aromatic rings. The van der Waals surface area contributed by atoms with Gasteiger partial charge in [0.2, 0.25) is 17.6 Å². The number of likely N-dealkylation sites (tertiary alicyclic amines) is 1. The molecule has 1 heterocycles. The van der Waals surface area contributed by atoms with Crippen molar-refractivity contribution in [3.05, 3.63) is 0 Å². The largest absolute Gasteiger partial charge is 0.363 e. The number of nitrogens with one attached hydrogen (secondary N) is 3. The number of fused-ring (bicyclic) bond motifs is 1. The Balaban J connectivity index is 1.83. The number of urea groups is 1. The lowest BCUT2D eigenvalue weighted by Crippen LogP contribution is -2.62. The van der Waals surface area contributed by atoms with Crippen molar-refractivity contribution in [3.8, 4) is 0 Å². The summed E-state index contributed by atoms with van der Waals surface area (Å²) in [6, 6.07) is -3.13. The fourth-order valence-electron chi connectivity index (χ4n) is 5.86. The molecule has 1 saturated heterocycles. The quantitative estimate of drug-likeness (QED) is 0.360. The second-order valence-electron chi connectivity index (χ2n) is 13.9. The summed E-state index contributed by atoms with van der Waals surface area (Å²) in [5.74, 6) is -2.35. The first kappa shape index (κ1) is 28.9. The van der Waals surface area contributed by atoms with Crippen molar-refractivity contribution in [2.45, 2.75) is 105 Å². The van der Waals surface area contributed by atoms with Crippen molar-refractivity contribution >= 4 is 29.5 Å². The zero-order valence-corrected chi connectivity index (χ0v) is 23.6. The van der Waals surface area contributed by atoms with Crippen LogP contribution in [0.4, 0.5) is 4.79 Å². The second kappa shape index (κ2) is 9.91. The predicted molar refractivity (Wildman–Crippen MR) is 139 cm³/mol. The maximum absolute atomic E-state index is 13.9. The van der Waals surface area contributed by atoms with Crippen LogP contribution in [0.3, 0.4) is 0 Å². The van der Waals surface area contributed by atoms with E-state index in [1.165, 1.54) is 0 Å². The molecule has 0 aromatic heterocycles. The fourth-order valence-corrected chi connectivity index (χ4v) is 5.86. The number of carbonyl (C=O) groups is 5. The standard InChI is InChI=1S/C27H45N5O5/c1-25(2,3)20(30-24(37)31-26(4,5)6)23(36)32-13-15-17(27(15,7)8)18(32)22(35)29-16(19(33)21(28)34)12-14-10-9-11-14/h14-18,20H,9-13H2,1-8H3,(H2,28,34)(H,29,35)(H2,30,31,37)/t15-,16?,17+,18+,20-/m1/s1. The Hall–Kier alpha value is -2.65. The molecule has 3 rings (SSSR count). The Labute approximate surface area is 220 Å². The summed E-state index contributed by atoms with van der Waals surface area (Å²) in [5.41, 5.74) is 4.04. The predicted octanol–water partition coefficient (Wildman–Crippen LogP) is 1.71. The maximum atomic E-state index is 13.9. The van der Waals surface area contributed by atoms with Crippen LogP contribution in [0.15, 0.2) is 0 Å². The van der Waals surface area contributed by atoms with Gasteiger partial charge in [0.05, 0.1) is 6.04 Å². The Morgan fingerprint density at radius 1 is 1.00 bits per heavy atom. The molecule has 1 aliphatic heterocycles. The molecule has 0 aromatic carbocycles. The highest BCUT2D eigenvalue weighted by atomic mass is 16.2. The van der Waals surface area contributed by atoms with Gasteiger partial charge in [-0.1, -0.05) is 53.9 Å². The third kappa shape index (κ3) is 6.26. The summed E-state index contributed by atoms with van der Waals surface area (Å²) >= 11 is 0. The summed E-state index contributed by atoms with van der Waals surface area (Å²) in [5, 5.41) is 8.44. The van der Waals surface area contributed by atoms with Crippen molar-refractivity contribution in [1.29, 1.82) is 0 Å². The van der Waals surface area contributed by atoms with Gasteiger partial charge in [-0.15, -0.1) is 0 Å². The van der Waals surface area contributed by atoms with Gasteiger partial charge in [-0.05, 0) is 55.8 Å². The number of primary amides is 1. The molecule has 0 bridgehead atoms. The Morgan fingerprint density at radius 3 is 2.05 bits per heavy atom. The fraction of sp³-hybridized carbons (Fsp3) is 0.815. The number of ketones is 1. The van der Waals surface area contributed by atoms with Gasteiger partial charge in [0.1, 0.15) is 12.1 Å². The molecule has 37 heavy (non-hydrogen) atoms. The first-order valence-electron chi connectivity index (χ1n) is 13.4. The summed E-state index contributed by atoms with van der Waals surface area (Å²) < 4.78 is 0. The molecule has 2 saturated carbocycles. The summed E-state index contributed by atoms with van der Waals surface area (Å²) in [4.78, 5) is 66.1. The topological polar surface area (TPSA) is 151 Å². The molecule has 5 atom stereocenters. The highest BCUT2D eigenvalue weighted by molar-refractivity contribution is 6.37. The van der Waals surface area contributed by atoms with Crippen LogP contribution < -0.4 is 21.7 Å². The van der Waals surface area contributed by atoms with Crippen LogP contribution in [-0.2, 0) is 19.2 Å². The number of hydrogen-bond donors (Lipinski definition) is 4. The lowest BCUT2D eigenvalue weighted by atomic mass is 9.80. The van der Waals surface area contributed by atoms with E-state index >= 15 is 0 Å². The number of nitrogens with two attached hydrogens (primary N) is 1. The minimum Gasteiger partial charge on any atom is -0.363 e. The maximum Gasteiger partial charge on any atom is 0.315 e. The summed E-state index contributed by atoms with van der Waals surface area (Å²) in [6.45, 7) is 15.7. The monoisotopic (exact) mass is 519 g/mol. The second-order valence-corrected chi connectivity index (χ2v) is 13.9. The van der Waals surface area contributed by atoms with Gasteiger partial charge in [0, 0.05) is 12.1 Å². The van der Waals surface area contributed by atoms with Crippen molar-refractivity contribution in [3.63, 3.8) is 0 Å². The molecule has 10 nitrogen and oxygen atoms in total. The van der Waals surface area contributed by atoms with Crippen molar-refractivity contribution in [2.75, 3.05) is 6.54 Å². The van der Waals surface area contributed by atoms with E-state index < -0.39 is 52.7 Å². The number of amides is 5. The average molecular weight is 520 g/mol. The number of hydrogen-bond acceptors (Lipinski definition) is 5. The van der Waals surface area contributed by atoms with Crippen molar-refractivity contribution < 1.29 is 24.0 Å². The third-order valence-electron chi connectivity index (χ3n) is 8.31. The van der Waals surface area contributed by atoms with Crippen LogP contribution >= 0.6 is 0 Å². The minimum absolute atomic E-state index is 0.0755. The molecule has 2 aliphatic carbocycles. The zero-order chi connectivity index (χ0) is 28.1. The van der Waals surface area contributed by atoms with Crippen LogP contribution in [0.1, 0.15) is 81.1 Å². The van der Waals surface area contributed by atoms with Crippen LogP contribution in [0.2, 0.25) is 0 Å². The Bertz CT molecular complexity index is 959. The van der Waals surface area contributed by atoms with E-state index in [-0.39, 0.29) is 29.1 Å². The van der Waals surface area contributed by atoms with Crippen LogP contribution in [0.25, 0.3) is 0 Å². The molecule has 1 unspecified atom stereocenters. The summed E-state index contributed by atoms with van der Waals surface area (Å²) in [6.07, 6.45) is 3.31. The van der Waals surface area contributed by atoms with Crippen LogP contribution in [0.5, 0.6) is 0 Å². The van der Waals surface area contributed by atoms with E-state index in [2.05, 4.69) is 29.8 Å². The number of piperidine rings is 1. The van der Waals surface area contributed by atoms with Crippen molar-refractivity contribution in [2.24, 2.45) is 34.3 Å². The van der Waals surface area contributed by atoms with E-state index in [0.29, 0.717) is 13.0 Å². The van der Waals surface area contributed by atoms with E-state index in [9.17, 15) is 24.0 Å². The van der Waals surface area contributed by atoms with Gasteiger partial charge in [0.25, 0.3) is 5.91 Å². The van der Waals surface area contributed by atoms with E-state index in [1.54, 1.807) is 4.90 Å².